The molecule has 1 aromatic heterocycles. The van der Waals surface area contributed by atoms with Gasteiger partial charge in [-0.15, -0.1) is 0 Å². The van der Waals surface area contributed by atoms with Crippen molar-refractivity contribution in [3.05, 3.63) is 83.7 Å². The maximum absolute atomic E-state index is 14.8. The van der Waals surface area contributed by atoms with Gasteiger partial charge in [0.15, 0.2) is 0 Å². The van der Waals surface area contributed by atoms with E-state index in [1.165, 1.54) is 6.07 Å². The number of aryl methyl sites for hydroxylation is 1. The van der Waals surface area contributed by atoms with Gasteiger partial charge in [-0.2, -0.15) is 0 Å². The number of benzene rings is 2. The highest BCUT2D eigenvalue weighted by Gasteiger charge is 2.50. The molecule has 0 aliphatic carbocycles. The summed E-state index contributed by atoms with van der Waals surface area (Å²) in [5.41, 5.74) is 1.29. The SMILES string of the molecule is CCCCOC1(c2ccccc2F)CN(C(=O)[C@@H](Cc2ccc(OC)cc2)NC(=O)CCc2cnc[nH]2)C1. The predicted octanol–water partition coefficient (Wildman–Crippen LogP) is 3.77. The zero-order valence-corrected chi connectivity index (χ0v) is 21.9. The first-order valence-corrected chi connectivity index (χ1v) is 13.0. The Morgan fingerprint density at radius 2 is 1.95 bits per heavy atom. The first kappa shape index (κ1) is 27.3. The third kappa shape index (κ3) is 6.58. The molecule has 38 heavy (non-hydrogen) atoms. The smallest absolute Gasteiger partial charge is 0.245 e. The van der Waals surface area contributed by atoms with E-state index in [0.29, 0.717) is 30.8 Å². The monoisotopic (exact) mass is 522 g/mol. The maximum Gasteiger partial charge on any atom is 0.245 e. The van der Waals surface area contributed by atoms with Crippen molar-refractivity contribution in [3.8, 4) is 5.75 Å². The summed E-state index contributed by atoms with van der Waals surface area (Å²) >= 11 is 0. The summed E-state index contributed by atoms with van der Waals surface area (Å²) in [5.74, 6) is -0.0897. The van der Waals surface area contributed by atoms with Crippen molar-refractivity contribution in [1.82, 2.24) is 20.2 Å². The van der Waals surface area contributed by atoms with E-state index in [4.69, 9.17) is 9.47 Å². The van der Waals surface area contributed by atoms with Crippen LogP contribution in [0.25, 0.3) is 0 Å². The molecule has 1 atom stereocenters. The van der Waals surface area contributed by atoms with E-state index in [1.54, 1.807) is 42.7 Å². The molecular formula is C29H35FN4O4. The molecule has 0 saturated carbocycles. The van der Waals surface area contributed by atoms with Crippen molar-refractivity contribution in [3.63, 3.8) is 0 Å². The van der Waals surface area contributed by atoms with Gasteiger partial charge in [-0.25, -0.2) is 9.37 Å². The predicted molar refractivity (Wildman–Crippen MR) is 141 cm³/mol. The Labute approximate surface area is 222 Å². The van der Waals surface area contributed by atoms with Crippen LogP contribution >= 0.6 is 0 Å². The van der Waals surface area contributed by atoms with Crippen LogP contribution in [0.3, 0.4) is 0 Å². The molecule has 2 N–H and O–H groups in total. The molecule has 8 nitrogen and oxygen atoms in total. The molecule has 3 aromatic rings. The molecule has 2 aromatic carbocycles. The molecule has 4 rings (SSSR count). The van der Waals surface area contributed by atoms with Gasteiger partial charge in [0.1, 0.15) is 23.2 Å². The average molecular weight is 523 g/mol. The summed E-state index contributed by atoms with van der Waals surface area (Å²) in [7, 11) is 1.59. The number of unbranched alkanes of at least 4 members (excludes halogenated alkanes) is 1. The van der Waals surface area contributed by atoms with Crippen molar-refractivity contribution >= 4 is 11.8 Å². The Kier molecular flexibility index (Phi) is 9.12. The van der Waals surface area contributed by atoms with Crippen LogP contribution in [0.5, 0.6) is 5.75 Å². The molecule has 0 bridgehead atoms. The number of imidazole rings is 1. The number of ether oxygens (including phenoxy) is 2. The molecular weight excluding hydrogens is 487 g/mol. The number of rotatable bonds is 13. The summed E-state index contributed by atoms with van der Waals surface area (Å²) in [6, 6.07) is 13.2. The summed E-state index contributed by atoms with van der Waals surface area (Å²) in [6.07, 6.45) is 6.06. The van der Waals surface area contributed by atoms with Crippen LogP contribution in [-0.2, 0) is 32.8 Å². The minimum Gasteiger partial charge on any atom is -0.497 e. The number of carbonyl (C=O) groups is 2. The lowest BCUT2D eigenvalue weighted by molar-refractivity contribution is -0.176. The minimum atomic E-state index is -0.897. The van der Waals surface area contributed by atoms with Gasteiger partial charge in [-0.3, -0.25) is 9.59 Å². The van der Waals surface area contributed by atoms with Crippen LogP contribution in [-0.4, -0.2) is 59.5 Å². The van der Waals surface area contributed by atoms with Gasteiger partial charge in [-0.1, -0.05) is 43.7 Å². The number of halogens is 1. The number of H-pyrrole nitrogens is 1. The summed E-state index contributed by atoms with van der Waals surface area (Å²) in [5, 5.41) is 2.93. The van der Waals surface area contributed by atoms with E-state index in [-0.39, 0.29) is 37.1 Å². The van der Waals surface area contributed by atoms with Crippen molar-refractivity contribution in [2.24, 2.45) is 0 Å². The fourth-order valence-corrected chi connectivity index (χ4v) is 4.66. The first-order valence-electron chi connectivity index (χ1n) is 13.0. The van der Waals surface area contributed by atoms with E-state index < -0.39 is 11.6 Å². The van der Waals surface area contributed by atoms with Crippen LogP contribution in [0.1, 0.15) is 43.0 Å². The number of hydrogen-bond acceptors (Lipinski definition) is 5. The second-order valence-electron chi connectivity index (χ2n) is 9.62. The lowest BCUT2D eigenvalue weighted by atomic mass is 9.84. The lowest BCUT2D eigenvalue weighted by Gasteiger charge is -2.50. The third-order valence-electron chi connectivity index (χ3n) is 6.85. The quantitative estimate of drug-likeness (QED) is 0.333. The molecule has 1 fully saturated rings. The topological polar surface area (TPSA) is 96.6 Å². The number of likely N-dealkylation sites (tertiary alicyclic amines) is 1. The van der Waals surface area contributed by atoms with Crippen LogP contribution in [0.4, 0.5) is 4.39 Å². The molecule has 0 unspecified atom stereocenters. The van der Waals surface area contributed by atoms with E-state index >= 15 is 0 Å². The largest absolute Gasteiger partial charge is 0.497 e. The molecule has 1 aliphatic rings. The Morgan fingerprint density at radius 1 is 1.18 bits per heavy atom. The van der Waals surface area contributed by atoms with Gasteiger partial charge >= 0.3 is 0 Å². The van der Waals surface area contributed by atoms with Gasteiger partial charge in [0.05, 0.1) is 26.5 Å². The van der Waals surface area contributed by atoms with Crippen molar-refractivity contribution in [2.75, 3.05) is 26.8 Å². The standard InChI is InChI=1S/C29H35FN4O4/c1-3-4-15-38-29(24-7-5-6-8-25(24)30)18-34(19-29)28(36)26(16-21-9-12-23(37-2)13-10-21)33-27(35)14-11-22-17-31-20-32-22/h5-10,12-13,17,20,26H,3-4,11,14-16,18-19H2,1-2H3,(H,31,32)(H,33,35)/t26-/m1/s1. The third-order valence-corrected chi connectivity index (χ3v) is 6.85. The molecule has 1 saturated heterocycles. The summed E-state index contributed by atoms with van der Waals surface area (Å²) in [4.78, 5) is 35.1. The normalized spacial score (nSPS) is 15.0. The van der Waals surface area contributed by atoms with Crippen molar-refractivity contribution in [2.45, 2.75) is 50.7 Å². The molecule has 202 valence electrons. The molecule has 2 heterocycles. The fraction of sp³-hybridized carbons (Fsp3) is 0.414. The molecule has 0 spiro atoms. The number of aromatic amines is 1. The van der Waals surface area contributed by atoms with Crippen LogP contribution < -0.4 is 10.1 Å². The number of nitrogens with zero attached hydrogens (tertiary/aromatic N) is 2. The Bertz CT molecular complexity index is 1190. The van der Waals surface area contributed by atoms with E-state index in [1.807, 2.05) is 24.3 Å². The number of hydrogen-bond donors (Lipinski definition) is 2. The van der Waals surface area contributed by atoms with Gasteiger partial charge in [0.25, 0.3) is 0 Å². The van der Waals surface area contributed by atoms with Gasteiger partial charge in [-0.05, 0) is 36.6 Å². The van der Waals surface area contributed by atoms with Crippen LogP contribution in [0.15, 0.2) is 61.1 Å². The zero-order chi connectivity index (χ0) is 27.0. The Hall–Kier alpha value is -3.72. The number of amides is 2. The number of aromatic nitrogens is 2. The highest BCUT2D eigenvalue weighted by atomic mass is 19.1. The van der Waals surface area contributed by atoms with Crippen LogP contribution in [0.2, 0.25) is 0 Å². The van der Waals surface area contributed by atoms with Gasteiger partial charge < -0.3 is 24.7 Å². The van der Waals surface area contributed by atoms with Crippen molar-refractivity contribution < 1.29 is 23.5 Å². The summed E-state index contributed by atoms with van der Waals surface area (Å²) in [6.45, 7) is 2.99. The Balaban J connectivity index is 1.48. The van der Waals surface area contributed by atoms with E-state index in [2.05, 4.69) is 22.2 Å². The van der Waals surface area contributed by atoms with Gasteiger partial charge in [0.2, 0.25) is 11.8 Å². The number of nitrogens with one attached hydrogen (secondary N) is 2. The van der Waals surface area contributed by atoms with Crippen molar-refractivity contribution in [1.29, 1.82) is 0 Å². The highest BCUT2D eigenvalue weighted by Crippen LogP contribution is 2.38. The van der Waals surface area contributed by atoms with Crippen LogP contribution in [0, 0.1) is 5.82 Å². The molecule has 1 aliphatic heterocycles. The highest BCUT2D eigenvalue weighted by molar-refractivity contribution is 5.88. The zero-order valence-electron chi connectivity index (χ0n) is 21.9. The molecule has 0 radical (unpaired) electrons. The fourth-order valence-electron chi connectivity index (χ4n) is 4.66. The summed E-state index contributed by atoms with van der Waals surface area (Å²) < 4.78 is 26.2. The van der Waals surface area contributed by atoms with Gasteiger partial charge in [0, 0.05) is 36.9 Å². The number of carbonyl (C=O) groups excluding carboxylic acids is 2. The van der Waals surface area contributed by atoms with E-state index in [0.717, 1.165) is 24.1 Å². The first-order chi connectivity index (χ1) is 18.4. The lowest BCUT2D eigenvalue weighted by Crippen LogP contribution is -2.66. The average Bonchev–Trinajstić information content (AvgIpc) is 3.43. The second kappa shape index (κ2) is 12.7. The maximum atomic E-state index is 14.8. The molecule has 9 heteroatoms. The van der Waals surface area contributed by atoms with E-state index in [9.17, 15) is 14.0 Å². The number of methoxy groups -OCH3 is 1. The minimum absolute atomic E-state index is 0.216. The second-order valence-corrected chi connectivity index (χ2v) is 9.62. The molecule has 2 amide bonds. The Morgan fingerprint density at radius 3 is 2.61 bits per heavy atom.